The number of anilines is 2. The summed E-state index contributed by atoms with van der Waals surface area (Å²) in [6.45, 7) is 0.146. The Morgan fingerprint density at radius 1 is 1.15 bits per heavy atom. The Labute approximate surface area is 235 Å². The molecule has 13 heteroatoms. The van der Waals surface area contributed by atoms with E-state index < -0.39 is 17.6 Å². The summed E-state index contributed by atoms with van der Waals surface area (Å²) in [7, 11) is 1.45. The molecule has 7 nitrogen and oxygen atoms in total. The highest BCUT2D eigenvalue weighted by Crippen LogP contribution is 2.36. The maximum Gasteiger partial charge on any atom is 0.416 e. The zero-order valence-corrected chi connectivity index (χ0v) is 22.3. The van der Waals surface area contributed by atoms with Gasteiger partial charge in [-0.2, -0.15) is 18.3 Å². The van der Waals surface area contributed by atoms with Crippen LogP contribution in [0.15, 0.2) is 71.1 Å². The van der Waals surface area contributed by atoms with Gasteiger partial charge < -0.3 is 14.8 Å². The Kier molecular flexibility index (Phi) is 9.22. The maximum absolute atomic E-state index is 13.1. The molecule has 0 aliphatic carbocycles. The van der Waals surface area contributed by atoms with E-state index in [1.54, 1.807) is 29.6 Å². The van der Waals surface area contributed by atoms with Crippen LogP contribution in [-0.2, 0) is 24.0 Å². The number of carbonyl (C=O) groups is 1. The number of hydrogen-bond acceptors (Lipinski definition) is 7. The number of hydrogen-bond donors (Lipinski definition) is 2. The number of alkyl halides is 3. The number of nitrogens with one attached hydrogen (secondary N) is 2. The number of ether oxygens (including phenoxy) is 2. The van der Waals surface area contributed by atoms with Gasteiger partial charge in [0.2, 0.25) is 5.91 Å². The first-order valence-corrected chi connectivity index (χ1v) is 12.8. The predicted octanol–water partition coefficient (Wildman–Crippen LogP) is 6.98. The number of carbonyl (C=O) groups excluding carboxylic acids is 1. The number of hydrazone groups is 1. The summed E-state index contributed by atoms with van der Waals surface area (Å²) in [6.07, 6.45) is -3.18. The molecule has 208 valence electrons. The molecule has 40 heavy (non-hydrogen) atoms. The molecule has 1 aromatic heterocycles. The second-order valence-corrected chi connectivity index (χ2v) is 9.53. The van der Waals surface area contributed by atoms with Gasteiger partial charge in [-0.15, -0.1) is 11.3 Å². The van der Waals surface area contributed by atoms with Crippen molar-refractivity contribution in [2.75, 3.05) is 12.4 Å². The predicted molar refractivity (Wildman–Crippen MR) is 145 cm³/mol. The zero-order valence-electron chi connectivity index (χ0n) is 20.8. The lowest BCUT2D eigenvalue weighted by Gasteiger charge is -2.13. The van der Waals surface area contributed by atoms with Crippen LogP contribution in [0, 0.1) is 5.82 Å². The van der Waals surface area contributed by atoms with E-state index in [9.17, 15) is 22.4 Å². The van der Waals surface area contributed by atoms with E-state index in [1.165, 1.54) is 37.6 Å². The van der Waals surface area contributed by atoms with Gasteiger partial charge in [-0.05, 0) is 53.6 Å². The van der Waals surface area contributed by atoms with E-state index in [4.69, 9.17) is 21.1 Å². The molecule has 0 bridgehead atoms. The highest BCUT2D eigenvalue weighted by Gasteiger charge is 2.30. The van der Waals surface area contributed by atoms with Crippen LogP contribution in [0.5, 0.6) is 11.5 Å². The van der Waals surface area contributed by atoms with Crippen molar-refractivity contribution >= 4 is 45.9 Å². The number of methoxy groups -OCH3 is 1. The van der Waals surface area contributed by atoms with E-state index >= 15 is 0 Å². The molecule has 3 aromatic carbocycles. The lowest BCUT2D eigenvalue weighted by Crippen LogP contribution is -2.19. The van der Waals surface area contributed by atoms with Crippen molar-refractivity contribution in [3.8, 4) is 11.5 Å². The van der Waals surface area contributed by atoms with Crippen LogP contribution >= 0.6 is 22.9 Å². The van der Waals surface area contributed by atoms with E-state index in [0.29, 0.717) is 27.9 Å². The van der Waals surface area contributed by atoms with Gasteiger partial charge in [-0.3, -0.25) is 4.79 Å². The van der Waals surface area contributed by atoms with Crippen molar-refractivity contribution in [2.24, 2.45) is 5.10 Å². The molecule has 0 saturated heterocycles. The molecule has 0 aliphatic heterocycles. The van der Waals surface area contributed by atoms with E-state index in [-0.39, 0.29) is 29.6 Å². The number of thiazole rings is 1. The summed E-state index contributed by atoms with van der Waals surface area (Å²) in [5.74, 6) is -0.166. The second kappa shape index (κ2) is 12.8. The second-order valence-electron chi connectivity index (χ2n) is 8.27. The molecule has 0 atom stereocenters. The van der Waals surface area contributed by atoms with Crippen LogP contribution in [0.1, 0.15) is 22.4 Å². The van der Waals surface area contributed by atoms with Crippen molar-refractivity contribution < 1.29 is 31.8 Å². The van der Waals surface area contributed by atoms with Crippen molar-refractivity contribution in [3.05, 3.63) is 99.3 Å². The topological polar surface area (TPSA) is 84.8 Å². The van der Waals surface area contributed by atoms with Gasteiger partial charge in [-0.1, -0.05) is 29.8 Å². The molecule has 2 N–H and O–H groups in total. The average Bonchev–Trinajstić information content (AvgIpc) is 3.34. The molecule has 4 rings (SSSR count). The standard InChI is InChI=1S/C27H21ClF4N4O3S/c1-38-23-10-17(9-22(28)25(23)39-14-16-5-7-19(29)8-6-16)13-33-36-24(37)12-21-15-40-26(35-21)34-20-4-2-3-18(11-20)27(30,31)32/h2-11,13,15H,12,14H2,1H3,(H,34,35)(H,36,37)/b33-13-. The molecule has 0 fully saturated rings. The number of amides is 1. The van der Waals surface area contributed by atoms with Crippen LogP contribution in [-0.4, -0.2) is 24.2 Å². The fourth-order valence-corrected chi connectivity index (χ4v) is 4.42. The van der Waals surface area contributed by atoms with Gasteiger partial charge in [0.1, 0.15) is 12.4 Å². The zero-order chi connectivity index (χ0) is 28.7. The third-order valence-corrected chi connectivity index (χ3v) is 6.37. The van der Waals surface area contributed by atoms with E-state index in [1.807, 2.05) is 0 Å². The lowest BCUT2D eigenvalue weighted by atomic mass is 10.2. The Bertz CT molecular complexity index is 1510. The summed E-state index contributed by atoms with van der Waals surface area (Å²) in [4.78, 5) is 16.5. The maximum atomic E-state index is 13.1. The van der Waals surface area contributed by atoms with Gasteiger partial charge >= 0.3 is 6.18 Å². The largest absolute Gasteiger partial charge is 0.493 e. The van der Waals surface area contributed by atoms with E-state index in [0.717, 1.165) is 29.0 Å². The quantitative estimate of drug-likeness (QED) is 0.118. The first-order valence-electron chi connectivity index (χ1n) is 11.6. The van der Waals surface area contributed by atoms with Gasteiger partial charge in [0, 0.05) is 11.1 Å². The SMILES string of the molecule is COc1cc(/C=N\NC(=O)Cc2csc(Nc3cccc(C(F)(F)F)c3)n2)cc(Cl)c1OCc1ccc(F)cc1. The molecule has 0 saturated carbocycles. The molecular formula is C27H21ClF4N4O3S. The minimum Gasteiger partial charge on any atom is -0.493 e. The number of halogens is 5. The van der Waals surface area contributed by atoms with Crippen molar-refractivity contribution in [3.63, 3.8) is 0 Å². The minimum absolute atomic E-state index is 0.0989. The summed E-state index contributed by atoms with van der Waals surface area (Å²) >= 11 is 7.51. The van der Waals surface area contributed by atoms with Gasteiger partial charge in [0.15, 0.2) is 16.6 Å². The van der Waals surface area contributed by atoms with Gasteiger partial charge in [0.25, 0.3) is 0 Å². The lowest BCUT2D eigenvalue weighted by molar-refractivity contribution is -0.137. The smallest absolute Gasteiger partial charge is 0.416 e. The number of rotatable bonds is 10. The monoisotopic (exact) mass is 592 g/mol. The van der Waals surface area contributed by atoms with Crippen molar-refractivity contribution in [2.45, 2.75) is 19.2 Å². The third kappa shape index (κ3) is 7.93. The molecular weight excluding hydrogens is 572 g/mol. The number of aromatic nitrogens is 1. The van der Waals surface area contributed by atoms with Crippen molar-refractivity contribution in [1.82, 2.24) is 10.4 Å². The number of benzene rings is 3. The fraction of sp³-hybridized carbons (Fsp3) is 0.148. The highest BCUT2D eigenvalue weighted by atomic mass is 35.5. The first-order chi connectivity index (χ1) is 19.1. The van der Waals surface area contributed by atoms with Crippen LogP contribution in [0.25, 0.3) is 0 Å². The van der Waals surface area contributed by atoms with Gasteiger partial charge in [0.05, 0.1) is 36.0 Å². The molecule has 0 unspecified atom stereocenters. The summed E-state index contributed by atoms with van der Waals surface area (Å²) < 4.78 is 63.0. The first kappa shape index (κ1) is 28.8. The molecule has 1 heterocycles. The molecule has 0 spiro atoms. The van der Waals surface area contributed by atoms with Crippen LogP contribution in [0.2, 0.25) is 5.02 Å². The normalized spacial score (nSPS) is 11.4. The molecule has 4 aromatic rings. The Morgan fingerprint density at radius 2 is 1.93 bits per heavy atom. The average molecular weight is 593 g/mol. The van der Waals surface area contributed by atoms with E-state index in [2.05, 4.69) is 20.8 Å². The fourth-order valence-electron chi connectivity index (χ4n) is 3.42. The minimum atomic E-state index is -4.46. The third-order valence-electron chi connectivity index (χ3n) is 5.29. The summed E-state index contributed by atoms with van der Waals surface area (Å²) in [5, 5.41) is 8.95. The molecule has 0 aliphatic rings. The number of nitrogens with zero attached hydrogens (tertiary/aromatic N) is 2. The van der Waals surface area contributed by atoms with Crippen LogP contribution in [0.4, 0.5) is 28.4 Å². The van der Waals surface area contributed by atoms with Crippen molar-refractivity contribution in [1.29, 1.82) is 0 Å². The Balaban J connectivity index is 1.32. The van der Waals surface area contributed by atoms with Crippen LogP contribution < -0.4 is 20.2 Å². The Hall–Kier alpha value is -4.16. The Morgan fingerprint density at radius 3 is 2.65 bits per heavy atom. The molecule has 0 radical (unpaired) electrons. The molecule has 1 amide bonds. The summed E-state index contributed by atoms with van der Waals surface area (Å²) in [6, 6.07) is 13.8. The summed E-state index contributed by atoms with van der Waals surface area (Å²) in [5.41, 5.74) is 3.52. The van der Waals surface area contributed by atoms with Gasteiger partial charge in [-0.25, -0.2) is 14.8 Å². The van der Waals surface area contributed by atoms with Crippen LogP contribution in [0.3, 0.4) is 0 Å². The highest BCUT2D eigenvalue weighted by molar-refractivity contribution is 7.13.